The molecule has 2 aromatic rings. The molecule has 0 aliphatic heterocycles. The molecule has 0 atom stereocenters. The van der Waals surface area contributed by atoms with E-state index in [1.165, 1.54) is 0 Å². The molecule has 2 rings (SSSR count). The molecule has 2 N–H and O–H groups in total. The van der Waals surface area contributed by atoms with Crippen molar-refractivity contribution in [1.82, 2.24) is 14.7 Å². The molecule has 0 saturated carbocycles. The average Bonchev–Trinajstić information content (AvgIpc) is 2.70. The van der Waals surface area contributed by atoms with Crippen LogP contribution in [0.4, 0.5) is 4.79 Å². The lowest BCUT2D eigenvalue weighted by molar-refractivity contribution is 0.264. The Balaban J connectivity index is 2.47. The first-order valence-electron chi connectivity index (χ1n) is 5.16. The molecule has 2 heterocycles. The summed E-state index contributed by atoms with van der Waals surface area (Å²) in [5, 5.41) is 9.51. The van der Waals surface area contributed by atoms with E-state index in [4.69, 9.17) is 5.41 Å². The van der Waals surface area contributed by atoms with E-state index >= 15 is 0 Å². The van der Waals surface area contributed by atoms with E-state index in [9.17, 15) is 4.79 Å². The van der Waals surface area contributed by atoms with Crippen molar-refractivity contribution in [3.05, 3.63) is 30.2 Å². The fourth-order valence-corrected chi connectivity index (χ4v) is 1.70. The van der Waals surface area contributed by atoms with Gasteiger partial charge in [0.1, 0.15) is 11.3 Å². The SMILES string of the molecule is CBc1ccc2ncc(C(=N)NC(=O)S)n2c1. The number of fused-ring (bicyclic) bond motifs is 1. The Kier molecular flexibility index (Phi) is 3.19. The number of hydrogen-bond donors (Lipinski definition) is 3. The standard InChI is InChI=1S/C10H11BN4OS/c1-11-6-2-3-8-13-4-7(15(8)5-6)9(12)14-10(16)17/h2-5,11H,1H3,(H3,12,14,16,17). The third kappa shape index (κ3) is 2.33. The Bertz CT molecular complexity index is 595. The maximum absolute atomic E-state index is 10.8. The van der Waals surface area contributed by atoms with Gasteiger partial charge in [-0.05, 0) is 6.07 Å². The van der Waals surface area contributed by atoms with Crippen LogP contribution in [0.25, 0.3) is 5.65 Å². The van der Waals surface area contributed by atoms with Crippen molar-refractivity contribution >= 4 is 42.1 Å². The molecule has 1 amide bonds. The summed E-state index contributed by atoms with van der Waals surface area (Å²) in [7, 11) is 0.903. The van der Waals surface area contributed by atoms with Gasteiger partial charge in [-0.15, -0.1) is 0 Å². The first-order valence-corrected chi connectivity index (χ1v) is 5.61. The zero-order chi connectivity index (χ0) is 12.4. The maximum Gasteiger partial charge on any atom is 0.281 e. The van der Waals surface area contributed by atoms with Gasteiger partial charge in [-0.1, -0.05) is 31.0 Å². The molecule has 0 saturated heterocycles. The summed E-state index contributed by atoms with van der Waals surface area (Å²) in [6.45, 7) is 2.05. The number of nitrogens with zero attached hydrogens (tertiary/aromatic N) is 2. The zero-order valence-corrected chi connectivity index (χ0v) is 10.2. The highest BCUT2D eigenvalue weighted by molar-refractivity contribution is 7.96. The van der Waals surface area contributed by atoms with Crippen LogP contribution in [0.1, 0.15) is 5.69 Å². The van der Waals surface area contributed by atoms with Crippen molar-refractivity contribution in [2.24, 2.45) is 0 Å². The van der Waals surface area contributed by atoms with Crippen molar-refractivity contribution in [1.29, 1.82) is 5.41 Å². The molecule has 7 heteroatoms. The molecule has 0 aromatic carbocycles. The predicted molar refractivity (Wildman–Crippen MR) is 72.2 cm³/mol. The average molecular weight is 246 g/mol. The number of amides is 1. The second-order valence-electron chi connectivity index (χ2n) is 3.57. The Hall–Kier alpha value is -1.76. The lowest BCUT2D eigenvalue weighted by Crippen LogP contribution is -2.27. The third-order valence-corrected chi connectivity index (χ3v) is 2.57. The highest BCUT2D eigenvalue weighted by Gasteiger charge is 2.10. The van der Waals surface area contributed by atoms with Gasteiger partial charge in [0.15, 0.2) is 13.1 Å². The quantitative estimate of drug-likeness (QED) is 0.311. The molecule has 0 fully saturated rings. The van der Waals surface area contributed by atoms with E-state index in [1.54, 1.807) is 10.6 Å². The van der Waals surface area contributed by atoms with Crippen LogP contribution >= 0.6 is 12.6 Å². The molecular formula is C10H11BN4OS. The molecule has 0 aliphatic carbocycles. The van der Waals surface area contributed by atoms with Gasteiger partial charge in [0.05, 0.1) is 6.20 Å². The van der Waals surface area contributed by atoms with Crippen LogP contribution < -0.4 is 10.8 Å². The fourth-order valence-electron chi connectivity index (χ4n) is 1.59. The summed E-state index contributed by atoms with van der Waals surface area (Å²) >= 11 is 3.58. The van der Waals surface area contributed by atoms with Crippen LogP contribution in [0.5, 0.6) is 0 Å². The third-order valence-electron chi connectivity index (χ3n) is 2.46. The molecule has 86 valence electrons. The highest BCUT2D eigenvalue weighted by Crippen LogP contribution is 2.05. The van der Waals surface area contributed by atoms with Crippen molar-refractivity contribution in [3.63, 3.8) is 0 Å². The van der Waals surface area contributed by atoms with Crippen LogP contribution in [0.15, 0.2) is 24.5 Å². The van der Waals surface area contributed by atoms with Gasteiger partial charge in [0, 0.05) is 6.20 Å². The van der Waals surface area contributed by atoms with Crippen LogP contribution in [0, 0.1) is 5.41 Å². The smallest absolute Gasteiger partial charge is 0.281 e. The van der Waals surface area contributed by atoms with Gasteiger partial charge in [0.25, 0.3) is 5.24 Å². The number of rotatable bonds is 2. The molecule has 2 aromatic heterocycles. The van der Waals surface area contributed by atoms with Gasteiger partial charge in [-0.3, -0.25) is 14.6 Å². The van der Waals surface area contributed by atoms with E-state index < -0.39 is 5.24 Å². The highest BCUT2D eigenvalue weighted by atomic mass is 32.1. The van der Waals surface area contributed by atoms with Gasteiger partial charge in [0.2, 0.25) is 0 Å². The predicted octanol–water partition coefficient (Wildman–Crippen LogP) is 0.409. The molecule has 0 radical (unpaired) electrons. The van der Waals surface area contributed by atoms with Gasteiger partial charge in [-0.2, -0.15) is 0 Å². The van der Waals surface area contributed by atoms with Crippen molar-refractivity contribution in [2.75, 3.05) is 0 Å². The van der Waals surface area contributed by atoms with Crippen LogP contribution in [-0.2, 0) is 0 Å². The molecule has 0 unspecified atom stereocenters. The molecular weight excluding hydrogens is 235 g/mol. The van der Waals surface area contributed by atoms with E-state index in [0.717, 1.165) is 18.4 Å². The second-order valence-corrected chi connectivity index (χ2v) is 3.97. The Morgan fingerprint density at radius 2 is 2.35 bits per heavy atom. The van der Waals surface area contributed by atoms with Crippen LogP contribution in [0.2, 0.25) is 6.82 Å². The minimum absolute atomic E-state index is 0.00856. The minimum atomic E-state index is -0.559. The monoisotopic (exact) mass is 246 g/mol. The topological polar surface area (TPSA) is 70.2 Å². The fraction of sp³-hybridized carbons (Fsp3) is 0.100. The summed E-state index contributed by atoms with van der Waals surface area (Å²) in [5.41, 5.74) is 2.43. The number of carbonyl (C=O) groups is 1. The van der Waals surface area contributed by atoms with E-state index in [2.05, 4.69) is 29.8 Å². The van der Waals surface area contributed by atoms with E-state index in [0.29, 0.717) is 5.69 Å². The normalized spacial score (nSPS) is 10.2. The molecule has 0 bridgehead atoms. The Morgan fingerprint density at radius 1 is 1.59 bits per heavy atom. The van der Waals surface area contributed by atoms with Crippen molar-refractivity contribution in [3.8, 4) is 0 Å². The number of imidazole rings is 1. The number of hydrogen-bond acceptors (Lipinski definition) is 3. The van der Waals surface area contributed by atoms with Crippen LogP contribution in [-0.4, -0.2) is 27.7 Å². The largest absolute Gasteiger partial charge is 0.300 e. The van der Waals surface area contributed by atoms with Crippen LogP contribution in [0.3, 0.4) is 0 Å². The summed E-state index contributed by atoms with van der Waals surface area (Å²) in [6.07, 6.45) is 3.47. The number of amidine groups is 1. The number of thiol groups is 1. The molecule has 0 aliphatic rings. The first kappa shape index (κ1) is 11.7. The zero-order valence-electron chi connectivity index (χ0n) is 9.27. The Labute approximate surface area is 104 Å². The number of nitrogens with one attached hydrogen (secondary N) is 2. The van der Waals surface area contributed by atoms with E-state index in [-0.39, 0.29) is 5.84 Å². The summed E-state index contributed by atoms with van der Waals surface area (Å²) < 4.78 is 1.78. The minimum Gasteiger partial charge on any atom is -0.300 e. The van der Waals surface area contributed by atoms with Gasteiger partial charge in [-0.25, -0.2) is 4.98 Å². The lowest BCUT2D eigenvalue weighted by Gasteiger charge is -2.05. The summed E-state index contributed by atoms with van der Waals surface area (Å²) in [4.78, 5) is 15.0. The number of carbonyl (C=O) groups excluding carboxylic acids is 1. The summed E-state index contributed by atoms with van der Waals surface area (Å²) in [6, 6.07) is 3.88. The number of pyridine rings is 1. The van der Waals surface area contributed by atoms with Gasteiger partial charge < -0.3 is 5.32 Å². The Morgan fingerprint density at radius 3 is 3.00 bits per heavy atom. The maximum atomic E-state index is 10.8. The molecule has 0 spiro atoms. The molecule has 17 heavy (non-hydrogen) atoms. The molecule has 5 nitrogen and oxygen atoms in total. The van der Waals surface area contributed by atoms with E-state index in [1.807, 2.05) is 18.3 Å². The summed E-state index contributed by atoms with van der Waals surface area (Å²) in [5.74, 6) is -0.00856. The van der Waals surface area contributed by atoms with Gasteiger partial charge >= 0.3 is 0 Å². The first-order chi connectivity index (χ1) is 8.11. The van der Waals surface area contributed by atoms with Crippen molar-refractivity contribution < 1.29 is 4.79 Å². The second kappa shape index (κ2) is 4.62. The lowest BCUT2D eigenvalue weighted by atomic mass is 9.74. The van der Waals surface area contributed by atoms with Crippen molar-refractivity contribution in [2.45, 2.75) is 6.82 Å². The number of aromatic nitrogens is 2.